The highest BCUT2D eigenvalue weighted by atomic mass is 15.1. The molecule has 1 aromatic heterocycles. The summed E-state index contributed by atoms with van der Waals surface area (Å²) in [7, 11) is 4.27. The Labute approximate surface area is 90.9 Å². The molecule has 1 N–H and O–H groups in total. The monoisotopic (exact) mass is 202 g/mol. The van der Waals surface area contributed by atoms with E-state index in [0.29, 0.717) is 6.04 Å². The standard InChI is InChI=1S/C13H18N2/c1-4-13(15(2)3)11-9-14-12-8-6-5-7-10(11)12/h5-9,13-14H,4H2,1-3H3. The molecule has 2 nitrogen and oxygen atoms in total. The third-order valence-electron chi connectivity index (χ3n) is 2.99. The fourth-order valence-corrected chi connectivity index (χ4v) is 2.23. The van der Waals surface area contributed by atoms with Gasteiger partial charge in [-0.25, -0.2) is 0 Å². The number of aromatic nitrogens is 1. The molecule has 2 rings (SSSR count). The lowest BCUT2D eigenvalue weighted by Crippen LogP contribution is -2.18. The molecule has 0 aliphatic rings. The number of hydrogen-bond acceptors (Lipinski definition) is 1. The molecular formula is C13H18N2. The van der Waals surface area contributed by atoms with Crippen molar-refractivity contribution in [3.05, 3.63) is 36.0 Å². The second-order valence-corrected chi connectivity index (χ2v) is 4.18. The Bertz CT molecular complexity index is 442. The molecule has 1 aromatic carbocycles. The third-order valence-corrected chi connectivity index (χ3v) is 2.99. The minimum absolute atomic E-state index is 0.501. The molecule has 1 heterocycles. The number of fused-ring (bicyclic) bond motifs is 1. The van der Waals surface area contributed by atoms with E-state index in [2.05, 4.69) is 61.4 Å². The number of hydrogen-bond donors (Lipinski definition) is 1. The highest BCUT2D eigenvalue weighted by Gasteiger charge is 2.15. The second kappa shape index (κ2) is 4.07. The Morgan fingerprint density at radius 2 is 2.00 bits per heavy atom. The van der Waals surface area contributed by atoms with Gasteiger partial charge in [0.15, 0.2) is 0 Å². The van der Waals surface area contributed by atoms with Crippen molar-refractivity contribution in [2.24, 2.45) is 0 Å². The van der Waals surface area contributed by atoms with Crippen LogP contribution in [-0.2, 0) is 0 Å². The van der Waals surface area contributed by atoms with Crippen LogP contribution in [0.25, 0.3) is 10.9 Å². The van der Waals surface area contributed by atoms with Crippen molar-refractivity contribution in [2.45, 2.75) is 19.4 Å². The average Bonchev–Trinajstić information content (AvgIpc) is 2.63. The molecule has 0 spiro atoms. The van der Waals surface area contributed by atoms with E-state index in [1.807, 2.05) is 0 Å². The number of H-pyrrole nitrogens is 1. The molecule has 1 atom stereocenters. The molecule has 80 valence electrons. The van der Waals surface area contributed by atoms with E-state index in [9.17, 15) is 0 Å². The zero-order valence-electron chi connectivity index (χ0n) is 9.62. The molecule has 0 saturated heterocycles. The summed E-state index contributed by atoms with van der Waals surface area (Å²) in [6, 6.07) is 8.98. The Balaban J connectivity index is 2.51. The van der Waals surface area contributed by atoms with Crippen molar-refractivity contribution < 1.29 is 0 Å². The summed E-state index contributed by atoms with van der Waals surface area (Å²) in [6.45, 7) is 2.23. The van der Waals surface area contributed by atoms with Crippen molar-refractivity contribution in [1.82, 2.24) is 9.88 Å². The van der Waals surface area contributed by atoms with Gasteiger partial charge in [-0.3, -0.25) is 0 Å². The fraction of sp³-hybridized carbons (Fsp3) is 0.385. The maximum atomic E-state index is 3.33. The van der Waals surface area contributed by atoms with Crippen molar-refractivity contribution >= 4 is 10.9 Å². The number of nitrogens with one attached hydrogen (secondary N) is 1. The van der Waals surface area contributed by atoms with Gasteiger partial charge in [-0.05, 0) is 32.1 Å². The zero-order valence-corrected chi connectivity index (χ0v) is 9.62. The second-order valence-electron chi connectivity index (χ2n) is 4.18. The van der Waals surface area contributed by atoms with E-state index < -0.39 is 0 Å². The van der Waals surface area contributed by atoms with Crippen molar-refractivity contribution in [2.75, 3.05) is 14.1 Å². The van der Waals surface area contributed by atoms with Crippen LogP contribution in [0, 0.1) is 0 Å². The van der Waals surface area contributed by atoms with Crippen LogP contribution >= 0.6 is 0 Å². The molecule has 0 amide bonds. The van der Waals surface area contributed by atoms with Crippen LogP contribution in [0.1, 0.15) is 24.9 Å². The molecule has 0 aliphatic heterocycles. The highest BCUT2D eigenvalue weighted by molar-refractivity contribution is 5.83. The molecule has 0 bridgehead atoms. The van der Waals surface area contributed by atoms with Crippen LogP contribution in [0.5, 0.6) is 0 Å². The summed E-state index contributed by atoms with van der Waals surface area (Å²) < 4.78 is 0. The van der Waals surface area contributed by atoms with Crippen LogP contribution in [0.4, 0.5) is 0 Å². The van der Waals surface area contributed by atoms with Crippen LogP contribution in [0.3, 0.4) is 0 Å². The predicted octanol–water partition coefficient (Wildman–Crippen LogP) is 3.18. The Morgan fingerprint density at radius 3 is 2.67 bits per heavy atom. The molecular weight excluding hydrogens is 184 g/mol. The van der Waals surface area contributed by atoms with E-state index in [0.717, 1.165) is 6.42 Å². The van der Waals surface area contributed by atoms with Gasteiger partial charge < -0.3 is 9.88 Å². The van der Waals surface area contributed by atoms with Gasteiger partial charge in [-0.1, -0.05) is 25.1 Å². The highest BCUT2D eigenvalue weighted by Crippen LogP contribution is 2.28. The summed E-state index contributed by atoms with van der Waals surface area (Å²) in [5.41, 5.74) is 2.63. The molecule has 15 heavy (non-hydrogen) atoms. The van der Waals surface area contributed by atoms with E-state index in [1.165, 1.54) is 16.5 Å². The largest absolute Gasteiger partial charge is 0.361 e. The predicted molar refractivity (Wildman–Crippen MR) is 65.0 cm³/mol. The quantitative estimate of drug-likeness (QED) is 0.810. The van der Waals surface area contributed by atoms with Crippen molar-refractivity contribution in [3.8, 4) is 0 Å². The van der Waals surface area contributed by atoms with Crippen LogP contribution in [-0.4, -0.2) is 24.0 Å². The average molecular weight is 202 g/mol. The van der Waals surface area contributed by atoms with Gasteiger partial charge >= 0.3 is 0 Å². The Morgan fingerprint density at radius 1 is 1.27 bits per heavy atom. The summed E-state index contributed by atoms with van der Waals surface area (Å²) in [4.78, 5) is 5.60. The molecule has 0 saturated carbocycles. The van der Waals surface area contributed by atoms with Gasteiger partial charge in [-0.15, -0.1) is 0 Å². The maximum Gasteiger partial charge on any atom is 0.0457 e. The van der Waals surface area contributed by atoms with Crippen molar-refractivity contribution in [1.29, 1.82) is 0 Å². The van der Waals surface area contributed by atoms with E-state index in [4.69, 9.17) is 0 Å². The number of rotatable bonds is 3. The van der Waals surface area contributed by atoms with Crippen LogP contribution < -0.4 is 0 Å². The lowest BCUT2D eigenvalue weighted by atomic mass is 10.0. The van der Waals surface area contributed by atoms with E-state index in [-0.39, 0.29) is 0 Å². The maximum absolute atomic E-state index is 3.33. The number of para-hydroxylation sites is 1. The molecule has 2 heteroatoms. The summed E-state index contributed by atoms with van der Waals surface area (Å²) >= 11 is 0. The molecule has 2 aromatic rings. The third kappa shape index (κ3) is 1.77. The molecule has 0 aliphatic carbocycles. The first-order valence-corrected chi connectivity index (χ1v) is 5.46. The van der Waals surface area contributed by atoms with E-state index in [1.54, 1.807) is 0 Å². The smallest absolute Gasteiger partial charge is 0.0457 e. The van der Waals surface area contributed by atoms with Crippen molar-refractivity contribution in [3.63, 3.8) is 0 Å². The van der Waals surface area contributed by atoms with Crippen LogP contribution in [0.2, 0.25) is 0 Å². The minimum atomic E-state index is 0.501. The summed E-state index contributed by atoms with van der Waals surface area (Å²) in [5.74, 6) is 0. The van der Waals surface area contributed by atoms with Gasteiger partial charge in [0.2, 0.25) is 0 Å². The molecule has 0 fully saturated rings. The lowest BCUT2D eigenvalue weighted by Gasteiger charge is -2.22. The molecule has 0 radical (unpaired) electrons. The van der Waals surface area contributed by atoms with E-state index >= 15 is 0 Å². The summed E-state index contributed by atoms with van der Waals surface area (Å²) in [6.07, 6.45) is 3.27. The lowest BCUT2D eigenvalue weighted by molar-refractivity contribution is 0.293. The number of nitrogens with zero attached hydrogens (tertiary/aromatic N) is 1. The Hall–Kier alpha value is -1.28. The fourth-order valence-electron chi connectivity index (χ4n) is 2.23. The minimum Gasteiger partial charge on any atom is -0.361 e. The zero-order chi connectivity index (χ0) is 10.8. The normalized spacial score (nSPS) is 13.6. The van der Waals surface area contributed by atoms with Gasteiger partial charge in [0.1, 0.15) is 0 Å². The number of benzene rings is 1. The topological polar surface area (TPSA) is 19.0 Å². The first kappa shape index (κ1) is 10.2. The summed E-state index contributed by atoms with van der Waals surface area (Å²) in [5, 5.41) is 1.35. The first-order chi connectivity index (χ1) is 7.24. The van der Waals surface area contributed by atoms with Gasteiger partial charge in [0.25, 0.3) is 0 Å². The van der Waals surface area contributed by atoms with Gasteiger partial charge in [-0.2, -0.15) is 0 Å². The van der Waals surface area contributed by atoms with Gasteiger partial charge in [0.05, 0.1) is 0 Å². The van der Waals surface area contributed by atoms with Gasteiger partial charge in [0, 0.05) is 23.1 Å². The number of aromatic amines is 1. The first-order valence-electron chi connectivity index (χ1n) is 5.46. The Kier molecular flexibility index (Phi) is 2.78. The molecule has 1 unspecified atom stereocenters. The van der Waals surface area contributed by atoms with Crippen LogP contribution in [0.15, 0.2) is 30.5 Å². The SMILES string of the molecule is CCC(c1c[nH]c2ccccc12)N(C)C.